The molecule has 0 spiro atoms. The molecule has 0 aliphatic carbocycles. The number of hydrogen-bond acceptors (Lipinski definition) is 2. The summed E-state index contributed by atoms with van der Waals surface area (Å²) >= 11 is 0. The van der Waals surface area contributed by atoms with Crippen LogP contribution in [0.1, 0.15) is 18.9 Å². The first kappa shape index (κ1) is 14.3. The van der Waals surface area contributed by atoms with E-state index in [1.807, 2.05) is 37.3 Å². The van der Waals surface area contributed by atoms with Gasteiger partial charge in [0.15, 0.2) is 0 Å². The molecule has 1 fully saturated rings. The predicted octanol–water partition coefficient (Wildman–Crippen LogP) is 1.52. The summed E-state index contributed by atoms with van der Waals surface area (Å²) in [6.07, 6.45) is 2.81. The molecule has 20 heavy (non-hydrogen) atoms. The van der Waals surface area contributed by atoms with Crippen LogP contribution in [0.3, 0.4) is 0 Å². The molecular formula is C16H20N2O2. The van der Waals surface area contributed by atoms with E-state index in [2.05, 4.69) is 11.9 Å². The van der Waals surface area contributed by atoms with Gasteiger partial charge in [0.2, 0.25) is 11.8 Å². The summed E-state index contributed by atoms with van der Waals surface area (Å²) in [5, 5.41) is 2.81. The second-order valence-electron chi connectivity index (χ2n) is 4.95. The Hall–Kier alpha value is -2.10. The van der Waals surface area contributed by atoms with E-state index < -0.39 is 12.1 Å². The highest BCUT2D eigenvalue weighted by Crippen LogP contribution is 2.16. The van der Waals surface area contributed by atoms with E-state index in [4.69, 9.17) is 0 Å². The van der Waals surface area contributed by atoms with Gasteiger partial charge in [-0.25, -0.2) is 0 Å². The van der Waals surface area contributed by atoms with Crippen molar-refractivity contribution in [1.29, 1.82) is 0 Å². The molecule has 0 saturated carbocycles. The van der Waals surface area contributed by atoms with Gasteiger partial charge < -0.3 is 10.2 Å². The predicted molar refractivity (Wildman–Crippen MR) is 78.1 cm³/mol. The minimum atomic E-state index is -0.453. The van der Waals surface area contributed by atoms with Crippen molar-refractivity contribution in [1.82, 2.24) is 10.2 Å². The number of carbonyl (C=O) groups is 2. The normalized spacial score (nSPS) is 22.6. The third-order valence-corrected chi connectivity index (χ3v) is 3.58. The van der Waals surface area contributed by atoms with Gasteiger partial charge in [0.05, 0.1) is 0 Å². The molecule has 0 aromatic heterocycles. The number of rotatable bonds is 5. The van der Waals surface area contributed by atoms with Crippen molar-refractivity contribution in [2.75, 3.05) is 6.54 Å². The van der Waals surface area contributed by atoms with Gasteiger partial charge in [-0.1, -0.05) is 43.3 Å². The van der Waals surface area contributed by atoms with Gasteiger partial charge in [-0.15, -0.1) is 6.58 Å². The average molecular weight is 272 g/mol. The lowest BCUT2D eigenvalue weighted by molar-refractivity contribution is -0.148. The molecule has 4 heteroatoms. The fourth-order valence-corrected chi connectivity index (χ4v) is 2.50. The largest absolute Gasteiger partial charge is 0.343 e. The Morgan fingerprint density at radius 3 is 2.60 bits per heavy atom. The number of nitrogens with one attached hydrogen (secondary N) is 1. The van der Waals surface area contributed by atoms with Crippen LogP contribution in [0.4, 0.5) is 0 Å². The van der Waals surface area contributed by atoms with Crippen LogP contribution in [0.2, 0.25) is 0 Å². The summed E-state index contributed by atoms with van der Waals surface area (Å²) in [7, 11) is 0. The van der Waals surface area contributed by atoms with E-state index in [0.29, 0.717) is 19.4 Å². The van der Waals surface area contributed by atoms with E-state index in [9.17, 15) is 9.59 Å². The van der Waals surface area contributed by atoms with Crippen molar-refractivity contribution >= 4 is 11.8 Å². The number of carbonyl (C=O) groups excluding carboxylic acids is 2. The number of amides is 2. The second-order valence-corrected chi connectivity index (χ2v) is 4.95. The van der Waals surface area contributed by atoms with Gasteiger partial charge in [-0.05, 0) is 12.0 Å². The molecule has 1 aliphatic heterocycles. The molecule has 2 amide bonds. The number of piperazine rings is 1. The zero-order chi connectivity index (χ0) is 14.5. The Morgan fingerprint density at radius 1 is 1.30 bits per heavy atom. The van der Waals surface area contributed by atoms with Gasteiger partial charge in [-0.2, -0.15) is 0 Å². The Balaban J connectivity index is 2.22. The van der Waals surface area contributed by atoms with Crippen molar-refractivity contribution < 1.29 is 9.59 Å². The van der Waals surface area contributed by atoms with E-state index in [1.165, 1.54) is 0 Å². The van der Waals surface area contributed by atoms with Crippen LogP contribution < -0.4 is 5.32 Å². The van der Waals surface area contributed by atoms with Crippen molar-refractivity contribution in [3.05, 3.63) is 48.6 Å². The topological polar surface area (TPSA) is 49.4 Å². The molecule has 0 radical (unpaired) electrons. The van der Waals surface area contributed by atoms with Crippen LogP contribution in [-0.2, 0) is 16.0 Å². The quantitative estimate of drug-likeness (QED) is 0.826. The molecule has 2 unspecified atom stereocenters. The maximum Gasteiger partial charge on any atom is 0.246 e. The Kier molecular flexibility index (Phi) is 4.56. The maximum absolute atomic E-state index is 12.4. The molecule has 1 aromatic carbocycles. The molecule has 1 saturated heterocycles. The third kappa shape index (κ3) is 2.90. The molecule has 1 aromatic rings. The highest BCUT2D eigenvalue weighted by Gasteiger charge is 2.38. The molecule has 1 N–H and O–H groups in total. The van der Waals surface area contributed by atoms with Crippen LogP contribution in [-0.4, -0.2) is 35.3 Å². The van der Waals surface area contributed by atoms with Crippen LogP contribution >= 0.6 is 0 Å². The molecule has 0 bridgehead atoms. The summed E-state index contributed by atoms with van der Waals surface area (Å²) in [6, 6.07) is 8.88. The van der Waals surface area contributed by atoms with Crippen molar-refractivity contribution in [3.8, 4) is 0 Å². The first-order valence-corrected chi connectivity index (χ1v) is 6.93. The van der Waals surface area contributed by atoms with E-state index in [1.54, 1.807) is 11.0 Å². The zero-order valence-electron chi connectivity index (χ0n) is 11.7. The zero-order valence-corrected chi connectivity index (χ0v) is 11.7. The lowest BCUT2D eigenvalue weighted by atomic mass is 9.99. The van der Waals surface area contributed by atoms with Gasteiger partial charge in [-0.3, -0.25) is 9.59 Å². The fourth-order valence-electron chi connectivity index (χ4n) is 2.50. The van der Waals surface area contributed by atoms with Crippen LogP contribution in [0.25, 0.3) is 0 Å². The summed E-state index contributed by atoms with van der Waals surface area (Å²) in [5.74, 6) is -0.102. The van der Waals surface area contributed by atoms with Crippen molar-refractivity contribution in [3.63, 3.8) is 0 Å². The SMILES string of the molecule is C=CCN1C(=O)C(CC)NC(=O)C1Cc1ccccc1. The van der Waals surface area contributed by atoms with E-state index in [-0.39, 0.29) is 11.8 Å². The van der Waals surface area contributed by atoms with Crippen molar-refractivity contribution in [2.24, 2.45) is 0 Å². The first-order chi connectivity index (χ1) is 9.67. The van der Waals surface area contributed by atoms with Crippen LogP contribution in [0, 0.1) is 0 Å². The van der Waals surface area contributed by atoms with Gasteiger partial charge in [0.25, 0.3) is 0 Å². The van der Waals surface area contributed by atoms with Crippen molar-refractivity contribution in [2.45, 2.75) is 31.8 Å². The van der Waals surface area contributed by atoms with Crippen LogP contribution in [0.5, 0.6) is 0 Å². The van der Waals surface area contributed by atoms with Gasteiger partial charge in [0, 0.05) is 13.0 Å². The molecule has 1 aliphatic rings. The minimum Gasteiger partial charge on any atom is -0.343 e. The molecule has 4 nitrogen and oxygen atoms in total. The Morgan fingerprint density at radius 2 is 2.00 bits per heavy atom. The molecule has 2 atom stereocenters. The third-order valence-electron chi connectivity index (χ3n) is 3.58. The fraction of sp³-hybridized carbons (Fsp3) is 0.375. The molecule has 2 rings (SSSR count). The van der Waals surface area contributed by atoms with Gasteiger partial charge >= 0.3 is 0 Å². The lowest BCUT2D eigenvalue weighted by Crippen LogP contribution is -2.63. The highest BCUT2D eigenvalue weighted by atomic mass is 16.2. The monoisotopic (exact) mass is 272 g/mol. The van der Waals surface area contributed by atoms with E-state index in [0.717, 1.165) is 5.56 Å². The molecule has 106 valence electrons. The molecule has 1 heterocycles. The molecular weight excluding hydrogens is 252 g/mol. The summed E-state index contributed by atoms with van der Waals surface area (Å²) in [5.41, 5.74) is 1.05. The standard InChI is InChI=1S/C16H20N2O2/c1-3-10-18-14(11-12-8-6-5-7-9-12)15(19)17-13(4-2)16(18)20/h3,5-9,13-14H,1,4,10-11H2,2H3,(H,17,19). The lowest BCUT2D eigenvalue weighted by Gasteiger charge is -2.38. The summed E-state index contributed by atoms with van der Waals surface area (Å²) in [4.78, 5) is 26.2. The number of nitrogens with zero attached hydrogens (tertiary/aromatic N) is 1. The summed E-state index contributed by atoms with van der Waals surface area (Å²) in [6.45, 7) is 5.98. The first-order valence-electron chi connectivity index (χ1n) is 6.93. The Labute approximate surface area is 119 Å². The van der Waals surface area contributed by atoms with Crippen LogP contribution in [0.15, 0.2) is 43.0 Å². The minimum absolute atomic E-state index is 0.0204. The smallest absolute Gasteiger partial charge is 0.246 e. The van der Waals surface area contributed by atoms with E-state index >= 15 is 0 Å². The average Bonchev–Trinajstić information content (AvgIpc) is 2.47. The number of benzene rings is 1. The maximum atomic E-state index is 12.4. The Bertz CT molecular complexity index is 498. The second kappa shape index (κ2) is 6.37. The summed E-state index contributed by atoms with van der Waals surface area (Å²) < 4.78 is 0. The highest BCUT2D eigenvalue weighted by molar-refractivity contribution is 5.97. The van der Waals surface area contributed by atoms with Gasteiger partial charge in [0.1, 0.15) is 12.1 Å². The number of hydrogen-bond donors (Lipinski definition) is 1.